The number of hydrogen-bond donors (Lipinski definition) is 1. The smallest absolute Gasteiger partial charge is 0.408 e. The van der Waals surface area contributed by atoms with Crippen molar-refractivity contribution in [3.8, 4) is 0 Å². The van der Waals surface area contributed by atoms with Gasteiger partial charge in [0.25, 0.3) is 0 Å². The summed E-state index contributed by atoms with van der Waals surface area (Å²) in [5.74, 6) is -0.702. The second-order valence-corrected chi connectivity index (χ2v) is 5.64. The average Bonchev–Trinajstić information content (AvgIpc) is 2.10. The lowest BCUT2D eigenvalue weighted by molar-refractivity contribution is -0.144. The number of alkyl carbamates (subject to hydrolysis) is 1. The minimum Gasteiger partial charge on any atom is -0.467 e. The Morgan fingerprint density at radius 2 is 1.72 bits per heavy atom. The highest BCUT2D eigenvalue weighted by Crippen LogP contribution is 2.17. The number of ether oxygens (including phenoxy) is 2. The largest absolute Gasteiger partial charge is 0.467 e. The maximum absolute atomic E-state index is 13.5. The maximum Gasteiger partial charge on any atom is 0.408 e. The van der Waals surface area contributed by atoms with Crippen LogP contribution in [0.15, 0.2) is 0 Å². The third kappa shape index (κ3) is 7.86. The summed E-state index contributed by atoms with van der Waals surface area (Å²) in [6.45, 7) is 7.72. The molecule has 0 aliphatic carbocycles. The summed E-state index contributed by atoms with van der Waals surface area (Å²) in [7, 11) is 1.18. The third-order valence-corrected chi connectivity index (χ3v) is 1.87. The predicted octanol–water partition coefficient (Wildman–Crippen LogP) is 2.19. The van der Waals surface area contributed by atoms with Gasteiger partial charge in [0.15, 0.2) is 0 Å². The molecule has 1 atom stereocenters. The molecule has 1 unspecified atom stereocenters. The van der Waals surface area contributed by atoms with Crippen molar-refractivity contribution in [1.82, 2.24) is 5.32 Å². The number of carbonyl (C=O) groups is 2. The number of alkyl halides is 1. The minimum atomic E-state index is -1.60. The monoisotopic (exact) mass is 263 g/mol. The molecule has 5 nitrogen and oxygen atoms in total. The Kier molecular flexibility index (Phi) is 5.57. The van der Waals surface area contributed by atoms with E-state index in [9.17, 15) is 14.0 Å². The van der Waals surface area contributed by atoms with Gasteiger partial charge >= 0.3 is 12.1 Å². The zero-order chi connectivity index (χ0) is 14.6. The number of hydrogen-bond acceptors (Lipinski definition) is 4. The standard InChI is InChI=1S/C12H22FNO4/c1-11(2,3)18-10(16)14-8(9(15)17-6)7-12(4,5)13/h8H,7H2,1-6H3,(H,14,16). The molecule has 0 fully saturated rings. The number of amides is 1. The van der Waals surface area contributed by atoms with Gasteiger partial charge in [0.1, 0.15) is 17.3 Å². The molecule has 0 aliphatic rings. The van der Waals surface area contributed by atoms with Crippen molar-refractivity contribution in [2.75, 3.05) is 7.11 Å². The Labute approximate surface area is 107 Å². The summed E-state index contributed by atoms with van der Waals surface area (Å²) < 4.78 is 23.0. The molecule has 1 amide bonds. The van der Waals surface area contributed by atoms with Gasteiger partial charge < -0.3 is 14.8 Å². The normalized spacial score (nSPS) is 13.7. The molecule has 106 valence electrons. The Bertz CT molecular complexity index is 304. The highest BCUT2D eigenvalue weighted by atomic mass is 19.1. The Morgan fingerprint density at radius 1 is 1.22 bits per heavy atom. The van der Waals surface area contributed by atoms with Crippen LogP contribution < -0.4 is 5.32 Å². The van der Waals surface area contributed by atoms with Crippen LogP contribution in [-0.4, -0.2) is 36.5 Å². The molecular weight excluding hydrogens is 241 g/mol. The van der Waals surface area contributed by atoms with Crippen LogP contribution in [0.25, 0.3) is 0 Å². The van der Waals surface area contributed by atoms with Crippen LogP contribution in [0.2, 0.25) is 0 Å². The molecule has 0 bridgehead atoms. The first kappa shape index (κ1) is 16.7. The number of nitrogens with one attached hydrogen (secondary N) is 1. The van der Waals surface area contributed by atoms with Gasteiger partial charge in [-0.15, -0.1) is 0 Å². The van der Waals surface area contributed by atoms with E-state index in [-0.39, 0.29) is 6.42 Å². The maximum atomic E-state index is 13.5. The first-order valence-electron chi connectivity index (χ1n) is 5.71. The fraction of sp³-hybridized carbons (Fsp3) is 0.833. The predicted molar refractivity (Wildman–Crippen MR) is 65.0 cm³/mol. The second kappa shape index (κ2) is 6.02. The molecule has 0 saturated heterocycles. The third-order valence-electron chi connectivity index (χ3n) is 1.87. The molecule has 0 heterocycles. The van der Waals surface area contributed by atoms with E-state index in [1.165, 1.54) is 21.0 Å². The fourth-order valence-corrected chi connectivity index (χ4v) is 1.27. The molecule has 0 radical (unpaired) electrons. The van der Waals surface area contributed by atoms with Crippen LogP contribution in [-0.2, 0) is 14.3 Å². The first-order valence-corrected chi connectivity index (χ1v) is 5.71. The molecule has 0 saturated carbocycles. The van der Waals surface area contributed by atoms with Crippen molar-refractivity contribution in [2.45, 2.75) is 58.4 Å². The van der Waals surface area contributed by atoms with Crippen LogP contribution >= 0.6 is 0 Å². The lowest BCUT2D eigenvalue weighted by Gasteiger charge is -2.25. The lowest BCUT2D eigenvalue weighted by atomic mass is 10.0. The van der Waals surface area contributed by atoms with Crippen LogP contribution in [0.3, 0.4) is 0 Å². The van der Waals surface area contributed by atoms with E-state index in [0.29, 0.717) is 0 Å². The van der Waals surface area contributed by atoms with Gasteiger partial charge in [-0.3, -0.25) is 0 Å². The lowest BCUT2D eigenvalue weighted by Crippen LogP contribution is -2.46. The quantitative estimate of drug-likeness (QED) is 0.790. The molecule has 0 aromatic rings. The van der Waals surface area contributed by atoms with E-state index in [1.807, 2.05) is 0 Å². The van der Waals surface area contributed by atoms with Gasteiger partial charge in [0, 0.05) is 6.42 Å². The first-order chi connectivity index (χ1) is 7.94. The van der Waals surface area contributed by atoms with Crippen molar-refractivity contribution in [3.63, 3.8) is 0 Å². The van der Waals surface area contributed by atoms with E-state index >= 15 is 0 Å². The SMILES string of the molecule is COC(=O)C(CC(C)(C)F)NC(=O)OC(C)(C)C. The Morgan fingerprint density at radius 3 is 2.06 bits per heavy atom. The molecule has 6 heteroatoms. The Hall–Kier alpha value is -1.33. The van der Waals surface area contributed by atoms with Crippen molar-refractivity contribution in [1.29, 1.82) is 0 Å². The number of halogens is 1. The average molecular weight is 263 g/mol. The van der Waals surface area contributed by atoms with Gasteiger partial charge in [-0.05, 0) is 34.6 Å². The van der Waals surface area contributed by atoms with Crippen LogP contribution in [0.1, 0.15) is 41.0 Å². The molecule has 0 aromatic heterocycles. The summed E-state index contributed by atoms with van der Waals surface area (Å²) >= 11 is 0. The topological polar surface area (TPSA) is 64.6 Å². The van der Waals surface area contributed by atoms with Crippen LogP contribution in [0.5, 0.6) is 0 Å². The van der Waals surface area contributed by atoms with Gasteiger partial charge in [0.05, 0.1) is 7.11 Å². The zero-order valence-electron chi connectivity index (χ0n) is 11.8. The molecule has 0 aliphatic heterocycles. The van der Waals surface area contributed by atoms with E-state index in [0.717, 1.165) is 0 Å². The number of esters is 1. The fourth-order valence-electron chi connectivity index (χ4n) is 1.27. The van der Waals surface area contributed by atoms with Gasteiger partial charge in [-0.25, -0.2) is 14.0 Å². The molecule has 1 N–H and O–H groups in total. The Balaban J connectivity index is 4.61. The van der Waals surface area contributed by atoms with Crippen LogP contribution in [0, 0.1) is 0 Å². The second-order valence-electron chi connectivity index (χ2n) is 5.64. The summed E-state index contributed by atoms with van der Waals surface area (Å²) in [6, 6.07) is -1.06. The van der Waals surface area contributed by atoms with E-state index < -0.39 is 29.4 Å². The number of rotatable bonds is 4. The van der Waals surface area contributed by atoms with Crippen molar-refractivity contribution < 1.29 is 23.5 Å². The molecule has 0 aromatic carbocycles. The van der Waals surface area contributed by atoms with Crippen molar-refractivity contribution in [3.05, 3.63) is 0 Å². The van der Waals surface area contributed by atoms with E-state index in [4.69, 9.17) is 4.74 Å². The molecule has 18 heavy (non-hydrogen) atoms. The van der Waals surface area contributed by atoms with Crippen LogP contribution in [0.4, 0.5) is 9.18 Å². The summed E-state index contributed by atoms with van der Waals surface area (Å²) in [5.41, 5.74) is -2.29. The van der Waals surface area contributed by atoms with Crippen molar-refractivity contribution in [2.24, 2.45) is 0 Å². The minimum absolute atomic E-state index is 0.182. The van der Waals surface area contributed by atoms with E-state index in [1.54, 1.807) is 20.8 Å². The number of carbonyl (C=O) groups excluding carboxylic acids is 2. The summed E-state index contributed by atoms with van der Waals surface area (Å²) in [5, 5.41) is 2.31. The zero-order valence-corrected chi connectivity index (χ0v) is 11.8. The highest BCUT2D eigenvalue weighted by molar-refractivity contribution is 5.81. The molecular formula is C12H22FNO4. The highest BCUT2D eigenvalue weighted by Gasteiger charge is 2.31. The van der Waals surface area contributed by atoms with Gasteiger partial charge in [-0.1, -0.05) is 0 Å². The molecule has 0 rings (SSSR count). The summed E-state index contributed by atoms with van der Waals surface area (Å²) in [6.07, 6.45) is -0.957. The van der Waals surface area contributed by atoms with Gasteiger partial charge in [0.2, 0.25) is 0 Å². The molecule has 0 spiro atoms. The van der Waals surface area contributed by atoms with Gasteiger partial charge in [-0.2, -0.15) is 0 Å². The number of methoxy groups -OCH3 is 1. The van der Waals surface area contributed by atoms with E-state index in [2.05, 4.69) is 10.1 Å². The summed E-state index contributed by atoms with van der Waals surface area (Å²) in [4.78, 5) is 22.9. The van der Waals surface area contributed by atoms with Crippen molar-refractivity contribution >= 4 is 12.1 Å².